The Bertz CT molecular complexity index is 842. The molecular weight excluding hydrogens is 348 g/mol. The number of benzene rings is 1. The number of amides is 2. The number of ether oxygens (including phenoxy) is 1. The van der Waals surface area contributed by atoms with Crippen LogP contribution in [-0.2, 0) is 17.6 Å². The predicted octanol–water partition coefficient (Wildman–Crippen LogP) is 3.75. The number of carbonyl (C=O) groups excluding carboxylic acids is 2. The fourth-order valence-corrected chi connectivity index (χ4v) is 4.59. The van der Waals surface area contributed by atoms with Crippen LogP contribution in [0, 0.1) is 13.8 Å². The molecule has 6 heteroatoms. The van der Waals surface area contributed by atoms with Crippen LogP contribution in [0.4, 0.5) is 5.00 Å². The molecule has 3 N–H and O–H groups in total. The third-order valence-corrected chi connectivity index (χ3v) is 6.04. The Morgan fingerprint density at radius 3 is 2.73 bits per heavy atom. The van der Waals surface area contributed by atoms with E-state index in [0.29, 0.717) is 16.3 Å². The van der Waals surface area contributed by atoms with Crippen molar-refractivity contribution in [3.63, 3.8) is 0 Å². The van der Waals surface area contributed by atoms with Crippen LogP contribution in [0.2, 0.25) is 0 Å². The summed E-state index contributed by atoms with van der Waals surface area (Å²) in [5.41, 5.74) is 9.22. The molecular formula is C20H24N2O3S. The summed E-state index contributed by atoms with van der Waals surface area (Å²) < 4.78 is 5.65. The number of nitrogens with one attached hydrogen (secondary N) is 1. The Morgan fingerprint density at radius 1 is 1.19 bits per heavy atom. The molecule has 1 heterocycles. The molecule has 0 saturated heterocycles. The number of hydrogen-bond acceptors (Lipinski definition) is 4. The molecule has 2 amide bonds. The van der Waals surface area contributed by atoms with Crippen molar-refractivity contribution in [2.24, 2.45) is 5.73 Å². The fraction of sp³-hybridized carbons (Fsp3) is 0.400. The van der Waals surface area contributed by atoms with E-state index in [4.69, 9.17) is 10.5 Å². The number of carbonyl (C=O) groups is 2. The minimum Gasteiger partial charge on any atom is -0.483 e. The average molecular weight is 372 g/mol. The number of primary amides is 1. The molecule has 5 nitrogen and oxygen atoms in total. The maximum Gasteiger partial charge on any atom is 0.262 e. The third kappa shape index (κ3) is 3.90. The summed E-state index contributed by atoms with van der Waals surface area (Å²) >= 11 is 1.47. The van der Waals surface area contributed by atoms with E-state index in [9.17, 15) is 9.59 Å². The maximum atomic E-state index is 12.4. The second-order valence-electron chi connectivity index (χ2n) is 6.67. The van der Waals surface area contributed by atoms with Gasteiger partial charge in [-0.2, -0.15) is 0 Å². The summed E-state index contributed by atoms with van der Waals surface area (Å²) in [7, 11) is 0. The molecule has 1 aromatic heterocycles. The minimum absolute atomic E-state index is 0.106. The van der Waals surface area contributed by atoms with Gasteiger partial charge < -0.3 is 15.8 Å². The molecule has 0 fully saturated rings. The van der Waals surface area contributed by atoms with E-state index in [1.54, 1.807) is 0 Å². The molecule has 1 aliphatic carbocycles. The van der Waals surface area contributed by atoms with Crippen LogP contribution in [0.15, 0.2) is 18.2 Å². The highest BCUT2D eigenvalue weighted by atomic mass is 32.1. The summed E-state index contributed by atoms with van der Waals surface area (Å²) in [6, 6.07) is 5.75. The number of thiophene rings is 1. The van der Waals surface area contributed by atoms with Gasteiger partial charge in [-0.3, -0.25) is 9.59 Å². The number of aryl methyl sites for hydroxylation is 2. The summed E-state index contributed by atoms with van der Waals surface area (Å²) in [6.07, 6.45) is 5.10. The van der Waals surface area contributed by atoms with Gasteiger partial charge in [0.25, 0.3) is 11.8 Å². The van der Waals surface area contributed by atoms with E-state index < -0.39 is 5.91 Å². The number of anilines is 1. The smallest absolute Gasteiger partial charge is 0.262 e. The molecule has 0 aliphatic heterocycles. The molecule has 1 aromatic carbocycles. The van der Waals surface area contributed by atoms with Gasteiger partial charge in [0.05, 0.1) is 5.56 Å². The van der Waals surface area contributed by atoms with E-state index in [-0.39, 0.29) is 12.5 Å². The Hall–Kier alpha value is -2.34. The van der Waals surface area contributed by atoms with Crippen molar-refractivity contribution < 1.29 is 14.3 Å². The van der Waals surface area contributed by atoms with E-state index >= 15 is 0 Å². The molecule has 0 saturated carbocycles. The standard InChI is InChI=1S/C20H24N2O3S/c1-12-7-6-9-15(13(12)2)25-11-17(23)22-20-18(19(21)24)14-8-4-3-5-10-16(14)26-20/h6-7,9H,3-5,8,10-11H2,1-2H3,(H2,21,24)(H,22,23). The molecule has 1 aliphatic rings. The van der Waals surface area contributed by atoms with Gasteiger partial charge in [-0.25, -0.2) is 0 Å². The Labute approximate surface area is 157 Å². The van der Waals surface area contributed by atoms with Crippen LogP contribution < -0.4 is 15.8 Å². The predicted molar refractivity (Wildman–Crippen MR) is 104 cm³/mol. The lowest BCUT2D eigenvalue weighted by atomic mass is 10.1. The van der Waals surface area contributed by atoms with Crippen LogP contribution >= 0.6 is 11.3 Å². The van der Waals surface area contributed by atoms with Gasteiger partial charge in [0, 0.05) is 4.88 Å². The highest BCUT2D eigenvalue weighted by molar-refractivity contribution is 7.17. The Morgan fingerprint density at radius 2 is 1.96 bits per heavy atom. The zero-order valence-electron chi connectivity index (χ0n) is 15.2. The second kappa shape index (κ2) is 7.91. The molecule has 2 aromatic rings. The largest absolute Gasteiger partial charge is 0.483 e. The number of rotatable bonds is 5. The van der Waals surface area contributed by atoms with E-state index in [1.165, 1.54) is 16.2 Å². The van der Waals surface area contributed by atoms with Crippen molar-refractivity contribution in [2.45, 2.75) is 46.0 Å². The first-order valence-electron chi connectivity index (χ1n) is 8.90. The summed E-state index contributed by atoms with van der Waals surface area (Å²) in [5, 5.41) is 3.38. The average Bonchev–Trinajstić information content (AvgIpc) is 2.77. The first-order chi connectivity index (χ1) is 12.5. The number of hydrogen-bond donors (Lipinski definition) is 2. The zero-order chi connectivity index (χ0) is 18.7. The van der Waals surface area contributed by atoms with Crippen molar-refractivity contribution in [1.82, 2.24) is 0 Å². The lowest BCUT2D eigenvalue weighted by Gasteiger charge is -2.11. The molecule has 0 bridgehead atoms. The first kappa shape index (κ1) is 18.5. The normalized spacial score (nSPS) is 13.6. The highest BCUT2D eigenvalue weighted by Crippen LogP contribution is 2.37. The number of nitrogens with two attached hydrogens (primary N) is 1. The van der Waals surface area contributed by atoms with Crippen molar-refractivity contribution in [1.29, 1.82) is 0 Å². The van der Waals surface area contributed by atoms with Gasteiger partial charge in [-0.05, 0) is 62.3 Å². The van der Waals surface area contributed by atoms with Crippen molar-refractivity contribution in [3.05, 3.63) is 45.3 Å². The molecule has 0 spiro atoms. The second-order valence-corrected chi connectivity index (χ2v) is 7.77. The van der Waals surface area contributed by atoms with Gasteiger partial charge in [0.1, 0.15) is 10.8 Å². The summed E-state index contributed by atoms with van der Waals surface area (Å²) in [5.74, 6) is -0.0720. The summed E-state index contributed by atoms with van der Waals surface area (Å²) in [6.45, 7) is 3.86. The number of fused-ring (bicyclic) bond motifs is 1. The lowest BCUT2D eigenvalue weighted by Crippen LogP contribution is -2.22. The van der Waals surface area contributed by atoms with Crippen LogP contribution in [0.3, 0.4) is 0 Å². The van der Waals surface area contributed by atoms with Crippen LogP contribution in [-0.4, -0.2) is 18.4 Å². The lowest BCUT2D eigenvalue weighted by molar-refractivity contribution is -0.118. The van der Waals surface area contributed by atoms with E-state index in [2.05, 4.69) is 5.32 Å². The minimum atomic E-state index is -0.477. The Kier molecular flexibility index (Phi) is 5.61. The molecule has 26 heavy (non-hydrogen) atoms. The van der Waals surface area contributed by atoms with Gasteiger partial charge in [0.2, 0.25) is 0 Å². The van der Waals surface area contributed by atoms with E-state index in [0.717, 1.165) is 48.8 Å². The van der Waals surface area contributed by atoms with E-state index in [1.807, 2.05) is 32.0 Å². The fourth-order valence-electron chi connectivity index (χ4n) is 3.28. The molecule has 0 unspecified atom stereocenters. The molecule has 0 atom stereocenters. The van der Waals surface area contributed by atoms with Crippen molar-refractivity contribution >= 4 is 28.2 Å². The van der Waals surface area contributed by atoms with Crippen molar-refractivity contribution in [2.75, 3.05) is 11.9 Å². The molecule has 138 valence electrons. The third-order valence-electron chi connectivity index (χ3n) is 4.83. The monoisotopic (exact) mass is 372 g/mol. The van der Waals surface area contributed by atoms with Gasteiger partial charge in [-0.15, -0.1) is 11.3 Å². The van der Waals surface area contributed by atoms with Crippen molar-refractivity contribution in [3.8, 4) is 5.75 Å². The maximum absolute atomic E-state index is 12.4. The van der Waals surface area contributed by atoms with Crippen LogP contribution in [0.5, 0.6) is 5.75 Å². The quantitative estimate of drug-likeness (QED) is 0.784. The zero-order valence-corrected chi connectivity index (χ0v) is 16.0. The Balaban J connectivity index is 1.73. The van der Waals surface area contributed by atoms with Crippen LogP contribution in [0.1, 0.15) is 51.2 Å². The molecule has 3 rings (SSSR count). The summed E-state index contributed by atoms with van der Waals surface area (Å²) in [4.78, 5) is 25.5. The van der Waals surface area contributed by atoms with Gasteiger partial charge in [0.15, 0.2) is 6.61 Å². The molecule has 0 radical (unpaired) electrons. The SMILES string of the molecule is Cc1cccc(OCC(=O)Nc2sc3c(c2C(N)=O)CCCCC3)c1C. The topological polar surface area (TPSA) is 81.4 Å². The van der Waals surface area contributed by atoms with Crippen LogP contribution in [0.25, 0.3) is 0 Å². The highest BCUT2D eigenvalue weighted by Gasteiger charge is 2.24. The van der Waals surface area contributed by atoms with Gasteiger partial charge in [-0.1, -0.05) is 18.6 Å². The van der Waals surface area contributed by atoms with Gasteiger partial charge >= 0.3 is 0 Å². The first-order valence-corrected chi connectivity index (χ1v) is 9.72.